The van der Waals surface area contributed by atoms with Gasteiger partial charge in [0.1, 0.15) is 0 Å². The van der Waals surface area contributed by atoms with E-state index in [0.29, 0.717) is 0 Å². The molecular weight excluding hydrogens is 1680 g/mol. The Morgan fingerprint density at radius 2 is 0.214 bits per heavy atom. The van der Waals surface area contributed by atoms with Crippen molar-refractivity contribution >= 4 is 21.5 Å². The molecule has 0 aromatic heterocycles. The number of rotatable bonds is 2. The van der Waals surface area contributed by atoms with E-state index in [0.717, 1.165) is 0 Å². The quantitative estimate of drug-likeness (QED) is 0.151. The summed E-state index contributed by atoms with van der Waals surface area (Å²) in [5.74, 6) is 0. The first-order chi connectivity index (χ1) is 69.6. The second kappa shape index (κ2) is 25.3. The molecule has 6 spiro atoms. The van der Waals surface area contributed by atoms with Crippen molar-refractivity contribution in [1.82, 2.24) is 0 Å². The molecule has 12 aliphatic rings. The summed E-state index contributed by atoms with van der Waals surface area (Å²) in [7, 11) is 0. The fourth-order valence-corrected chi connectivity index (χ4v) is 32.3. The molecule has 0 amide bonds. The molecule has 0 fully saturated rings. The van der Waals surface area contributed by atoms with Crippen LogP contribution in [0.2, 0.25) is 0 Å². The highest BCUT2D eigenvalue weighted by Gasteiger charge is 2.68. The van der Waals surface area contributed by atoms with Crippen molar-refractivity contribution < 1.29 is 0 Å². The van der Waals surface area contributed by atoms with E-state index >= 15 is 0 Å². The molecular formula is C140H78. The third-order valence-corrected chi connectivity index (χ3v) is 36.3. The van der Waals surface area contributed by atoms with Crippen LogP contribution in [0, 0.1) is 0 Å². The van der Waals surface area contributed by atoms with Crippen LogP contribution in [0.3, 0.4) is 0 Å². The maximum absolute atomic E-state index is 2.74. The van der Waals surface area contributed by atoms with Gasteiger partial charge in [0.15, 0.2) is 0 Å². The van der Waals surface area contributed by atoms with Gasteiger partial charge in [0, 0.05) is 0 Å². The SMILES string of the molecule is c1ccc2c(c1)-c1ccccc1C21c2ccccc2-c2c1c1c(c3c2C2(c4ccccc4-c4ccccc42)c2cc(-c4c5ccccc5c(-c5ccc6c(c5)C5(c7ccccc7-c7ccccc75)c5c7c(c8c(c5-6)C5(c6ccccc6-c6ccccc65)c5ccccc5-8)C5(c6ccccc6-c6ccccc65)c5ccccc5-7)c5ccccc45)ccc2-3)C2(c3ccccc3-c3ccccc32)c2ccccc2-1. The molecule has 23 aromatic carbocycles. The fraction of sp³-hybridized carbons (Fsp3) is 0.0429. The van der Waals surface area contributed by atoms with Crippen molar-refractivity contribution in [2.45, 2.75) is 32.5 Å². The van der Waals surface area contributed by atoms with Crippen LogP contribution >= 0.6 is 0 Å². The maximum atomic E-state index is 2.74. The predicted octanol–water partition coefficient (Wildman–Crippen LogP) is 33.4. The zero-order valence-electron chi connectivity index (χ0n) is 76.0. The van der Waals surface area contributed by atoms with E-state index in [4.69, 9.17) is 0 Å². The molecule has 0 nitrogen and oxygen atoms in total. The molecule has 638 valence electrons. The van der Waals surface area contributed by atoms with Crippen molar-refractivity contribution in [2.24, 2.45) is 0 Å². The second-order valence-corrected chi connectivity index (χ2v) is 41.1. The molecule has 0 bridgehead atoms. The van der Waals surface area contributed by atoms with Gasteiger partial charge in [-0.25, -0.2) is 0 Å². The number of hydrogen-bond donors (Lipinski definition) is 0. The lowest BCUT2D eigenvalue weighted by atomic mass is 9.63. The maximum Gasteiger partial charge on any atom is 0.0731 e. The molecule has 0 unspecified atom stereocenters. The topological polar surface area (TPSA) is 0 Å². The Morgan fingerprint density at radius 3 is 0.379 bits per heavy atom. The van der Waals surface area contributed by atoms with Crippen LogP contribution in [0.5, 0.6) is 0 Å². The van der Waals surface area contributed by atoms with E-state index in [1.807, 2.05) is 0 Å². The van der Waals surface area contributed by atoms with Crippen LogP contribution in [0.25, 0.3) is 177 Å². The van der Waals surface area contributed by atoms with Crippen molar-refractivity contribution in [3.05, 3.63) is 607 Å². The second-order valence-electron chi connectivity index (χ2n) is 41.1. The molecule has 35 rings (SSSR count). The fourth-order valence-electron chi connectivity index (χ4n) is 32.3. The smallest absolute Gasteiger partial charge is 0.0619 e. The Morgan fingerprint density at radius 1 is 0.0929 bits per heavy atom. The molecule has 0 saturated carbocycles. The first-order valence-corrected chi connectivity index (χ1v) is 49.9. The first kappa shape index (κ1) is 73.9. The summed E-state index contributed by atoms with van der Waals surface area (Å²) < 4.78 is 0. The molecule has 0 heteroatoms. The van der Waals surface area contributed by atoms with Crippen molar-refractivity contribution in [3.8, 4) is 156 Å². The zero-order chi connectivity index (χ0) is 90.5. The standard InChI is InChI=1S/C140H78/c1-2-50-94-93(49-1)121(79-73-75-101-119(77-79)139(111-65-29-13-45-89(111)90-46-14-30-66-112(90)139)133-125-99-55-19-35-71-117(99)135(103-57-21-5-37-81(103)82-38-6-22-58-104(82)135)129(125)123-97-53-17-33-69-115(97)137(131(123)127(101)133)107-61-25-9-41-85(107)86-42-10-26-62-108(86)137)95-51-3-4-52-96(95)122(94)80-74-76-102-120(78-80)140(113-67-31-15-47-91(113)92-48-16-32-68-114(92)140)134-126-100-56-20-36-72-118(100)136(105-59-23-7-39-83(105)84-40-8-24-60-106(84)136)130(126)124-98-54-18-34-70-116(98)138(132(124)128(102)134)109-63-27-11-43-87(109)88-44-12-28-64-110(88)138/h1-78H. The summed E-state index contributed by atoms with van der Waals surface area (Å²) in [6.45, 7) is 0. The predicted molar refractivity (Wildman–Crippen MR) is 570 cm³/mol. The summed E-state index contributed by atoms with van der Waals surface area (Å²) in [6.07, 6.45) is 0. The Labute approximate surface area is 810 Å². The van der Waals surface area contributed by atoms with Crippen LogP contribution in [0.15, 0.2) is 473 Å². The van der Waals surface area contributed by atoms with Crippen LogP contribution in [-0.4, -0.2) is 0 Å². The molecule has 23 aromatic rings. The number of hydrogen-bond acceptors (Lipinski definition) is 0. The van der Waals surface area contributed by atoms with Gasteiger partial charge < -0.3 is 0 Å². The van der Waals surface area contributed by atoms with Crippen LogP contribution in [0.1, 0.15) is 134 Å². The molecule has 0 N–H and O–H groups in total. The Bertz CT molecular complexity index is 8970. The number of benzene rings is 23. The summed E-state index contributed by atoms with van der Waals surface area (Å²) >= 11 is 0. The molecule has 140 heavy (non-hydrogen) atoms. The highest BCUT2D eigenvalue weighted by Crippen LogP contribution is 2.81. The Kier molecular flexibility index (Phi) is 13.3. The lowest BCUT2D eigenvalue weighted by Gasteiger charge is -2.37. The van der Waals surface area contributed by atoms with Crippen LogP contribution in [0.4, 0.5) is 0 Å². The van der Waals surface area contributed by atoms with E-state index < -0.39 is 32.5 Å². The van der Waals surface area contributed by atoms with E-state index in [1.54, 1.807) is 0 Å². The largest absolute Gasteiger partial charge is 0.0731 e. The number of fused-ring (bicyclic) bond motifs is 68. The lowest BCUT2D eigenvalue weighted by Crippen LogP contribution is -2.31. The first-order valence-electron chi connectivity index (χ1n) is 49.9. The molecule has 0 atom stereocenters. The van der Waals surface area contributed by atoms with Crippen molar-refractivity contribution in [3.63, 3.8) is 0 Å². The van der Waals surface area contributed by atoms with Gasteiger partial charge in [-0.2, -0.15) is 0 Å². The molecule has 0 saturated heterocycles. The van der Waals surface area contributed by atoms with E-state index in [2.05, 4.69) is 473 Å². The van der Waals surface area contributed by atoms with Gasteiger partial charge in [-0.05, 0) is 323 Å². The summed E-state index contributed by atoms with van der Waals surface area (Å²) in [5.41, 5.74) is 63.9. The third kappa shape index (κ3) is 7.79. The molecule has 0 aliphatic heterocycles. The Hall–Kier alpha value is -17.4. The summed E-state index contributed by atoms with van der Waals surface area (Å²) in [5, 5.41) is 4.85. The molecule has 12 aliphatic carbocycles. The van der Waals surface area contributed by atoms with E-state index in [-0.39, 0.29) is 0 Å². The Balaban J connectivity index is 0.666. The summed E-state index contributed by atoms with van der Waals surface area (Å²) in [4.78, 5) is 0. The monoisotopic (exact) mass is 1760 g/mol. The van der Waals surface area contributed by atoms with Gasteiger partial charge in [-0.15, -0.1) is 0 Å². The van der Waals surface area contributed by atoms with E-state index in [1.165, 1.54) is 311 Å². The minimum Gasteiger partial charge on any atom is -0.0619 e. The highest BCUT2D eigenvalue weighted by atomic mass is 14.7. The zero-order valence-corrected chi connectivity index (χ0v) is 76.0. The van der Waals surface area contributed by atoms with E-state index in [9.17, 15) is 0 Å². The van der Waals surface area contributed by atoms with Crippen LogP contribution < -0.4 is 0 Å². The van der Waals surface area contributed by atoms with Gasteiger partial charge in [0.05, 0.1) is 32.5 Å². The van der Waals surface area contributed by atoms with Crippen molar-refractivity contribution in [1.29, 1.82) is 0 Å². The normalized spacial score (nSPS) is 15.8. The van der Waals surface area contributed by atoms with Gasteiger partial charge in [-0.1, -0.05) is 461 Å². The van der Waals surface area contributed by atoms with Gasteiger partial charge in [0.25, 0.3) is 0 Å². The molecule has 0 radical (unpaired) electrons. The molecule has 0 heterocycles. The van der Waals surface area contributed by atoms with Crippen LogP contribution in [-0.2, 0) is 32.5 Å². The average molecular weight is 1760 g/mol. The lowest BCUT2D eigenvalue weighted by molar-refractivity contribution is 0.764. The van der Waals surface area contributed by atoms with Crippen molar-refractivity contribution in [2.75, 3.05) is 0 Å². The third-order valence-electron chi connectivity index (χ3n) is 36.3. The minimum atomic E-state index is -0.861. The summed E-state index contributed by atoms with van der Waals surface area (Å²) in [6, 6.07) is 188. The van der Waals surface area contributed by atoms with Gasteiger partial charge in [-0.3, -0.25) is 0 Å². The average Bonchev–Trinajstić information content (AvgIpc) is 1.45. The van der Waals surface area contributed by atoms with Gasteiger partial charge >= 0.3 is 0 Å². The minimum absolute atomic E-state index is 0.723. The highest BCUT2D eigenvalue weighted by molar-refractivity contribution is 6.24. The van der Waals surface area contributed by atoms with Gasteiger partial charge in [0.2, 0.25) is 0 Å².